The van der Waals surface area contributed by atoms with Gasteiger partial charge in [0.1, 0.15) is 0 Å². The van der Waals surface area contributed by atoms with E-state index in [4.69, 9.17) is 11.6 Å². The summed E-state index contributed by atoms with van der Waals surface area (Å²) in [6.45, 7) is 2.11. The van der Waals surface area contributed by atoms with E-state index in [2.05, 4.69) is 42.2 Å². The molecule has 1 nitrogen and oxygen atoms in total. The van der Waals surface area contributed by atoms with Gasteiger partial charge in [-0.05, 0) is 36.2 Å². The molecule has 3 aromatic rings. The molecule has 1 heterocycles. The van der Waals surface area contributed by atoms with Crippen molar-refractivity contribution in [2.45, 2.75) is 6.92 Å². The van der Waals surface area contributed by atoms with Gasteiger partial charge in [-0.2, -0.15) is 0 Å². The number of H-pyrrole nitrogens is 1. The molecule has 0 spiro atoms. The van der Waals surface area contributed by atoms with Crippen molar-refractivity contribution in [3.8, 4) is 11.3 Å². The lowest BCUT2D eigenvalue weighted by atomic mass is 10.1. The first-order chi connectivity index (χ1) is 8.24. The van der Waals surface area contributed by atoms with Gasteiger partial charge in [-0.1, -0.05) is 41.9 Å². The number of benzene rings is 2. The van der Waals surface area contributed by atoms with E-state index in [1.807, 2.05) is 18.2 Å². The van der Waals surface area contributed by atoms with Gasteiger partial charge in [0.05, 0.1) is 0 Å². The predicted octanol–water partition coefficient (Wildman–Crippen LogP) is 4.80. The van der Waals surface area contributed by atoms with Crippen LogP contribution in [0.2, 0.25) is 5.02 Å². The third-order valence-corrected chi connectivity index (χ3v) is 3.24. The lowest BCUT2D eigenvalue weighted by Gasteiger charge is -1.98. The molecule has 0 bridgehead atoms. The summed E-state index contributed by atoms with van der Waals surface area (Å²) in [5.41, 5.74) is 4.68. The Bertz CT molecular complexity index is 682. The van der Waals surface area contributed by atoms with Crippen LogP contribution in [0.4, 0.5) is 0 Å². The van der Waals surface area contributed by atoms with Crippen molar-refractivity contribution >= 4 is 22.5 Å². The van der Waals surface area contributed by atoms with E-state index in [0.29, 0.717) is 0 Å². The number of aryl methyl sites for hydroxylation is 1. The summed E-state index contributed by atoms with van der Waals surface area (Å²) in [5.74, 6) is 0. The van der Waals surface area contributed by atoms with Crippen molar-refractivity contribution in [1.82, 2.24) is 4.98 Å². The molecule has 1 N–H and O–H groups in total. The largest absolute Gasteiger partial charge is 0.354 e. The fourth-order valence-corrected chi connectivity index (χ4v) is 2.31. The fourth-order valence-electron chi connectivity index (χ4n) is 2.12. The van der Waals surface area contributed by atoms with E-state index in [0.717, 1.165) is 16.3 Å². The third-order valence-electron chi connectivity index (χ3n) is 3.00. The Morgan fingerprint density at radius 2 is 1.82 bits per heavy atom. The molecule has 0 aliphatic heterocycles. The van der Waals surface area contributed by atoms with Crippen molar-refractivity contribution in [2.24, 2.45) is 0 Å². The number of hydrogen-bond donors (Lipinski definition) is 1. The normalized spacial score (nSPS) is 10.9. The molecule has 0 aliphatic carbocycles. The summed E-state index contributed by atoms with van der Waals surface area (Å²) in [6.07, 6.45) is 0. The second kappa shape index (κ2) is 3.94. The lowest BCUT2D eigenvalue weighted by molar-refractivity contribution is 1.41. The zero-order valence-electron chi connectivity index (χ0n) is 9.50. The van der Waals surface area contributed by atoms with Crippen LogP contribution in [-0.4, -0.2) is 4.98 Å². The van der Waals surface area contributed by atoms with Gasteiger partial charge < -0.3 is 4.98 Å². The molecular formula is C15H12ClN. The van der Waals surface area contributed by atoms with Gasteiger partial charge in [-0.15, -0.1) is 0 Å². The molecule has 0 saturated carbocycles. The molecular weight excluding hydrogens is 230 g/mol. The van der Waals surface area contributed by atoms with Crippen LogP contribution in [0.3, 0.4) is 0 Å². The maximum absolute atomic E-state index is 6.01. The quantitative estimate of drug-likeness (QED) is 0.630. The minimum absolute atomic E-state index is 0.762. The minimum atomic E-state index is 0.762. The molecule has 0 fully saturated rings. The fraction of sp³-hybridized carbons (Fsp3) is 0.0667. The van der Waals surface area contributed by atoms with Gasteiger partial charge in [-0.3, -0.25) is 0 Å². The summed E-state index contributed by atoms with van der Waals surface area (Å²) in [5, 5.41) is 2.00. The van der Waals surface area contributed by atoms with Gasteiger partial charge in [0.2, 0.25) is 0 Å². The van der Waals surface area contributed by atoms with Crippen LogP contribution in [0.5, 0.6) is 0 Å². The zero-order valence-corrected chi connectivity index (χ0v) is 10.3. The highest BCUT2D eigenvalue weighted by Gasteiger charge is 2.04. The predicted molar refractivity (Wildman–Crippen MR) is 73.5 cm³/mol. The van der Waals surface area contributed by atoms with E-state index >= 15 is 0 Å². The van der Waals surface area contributed by atoms with Gasteiger partial charge in [0.15, 0.2) is 0 Å². The second-order valence-electron chi connectivity index (χ2n) is 4.23. The molecule has 3 rings (SSSR count). The Morgan fingerprint density at radius 1 is 1.00 bits per heavy atom. The molecule has 0 amide bonds. The number of nitrogens with one attached hydrogen (secondary N) is 1. The maximum atomic E-state index is 6.01. The van der Waals surface area contributed by atoms with Crippen LogP contribution in [-0.2, 0) is 0 Å². The zero-order chi connectivity index (χ0) is 11.8. The first kappa shape index (κ1) is 10.4. The van der Waals surface area contributed by atoms with E-state index in [1.54, 1.807) is 0 Å². The van der Waals surface area contributed by atoms with Crippen LogP contribution in [0.1, 0.15) is 5.56 Å². The minimum Gasteiger partial charge on any atom is -0.354 e. The van der Waals surface area contributed by atoms with E-state index in [9.17, 15) is 0 Å². The summed E-state index contributed by atoms with van der Waals surface area (Å²) in [4.78, 5) is 3.45. The molecule has 1 aromatic heterocycles. The Morgan fingerprint density at radius 3 is 2.59 bits per heavy atom. The molecule has 0 atom stereocenters. The number of hydrogen-bond acceptors (Lipinski definition) is 0. The average molecular weight is 242 g/mol. The summed E-state index contributed by atoms with van der Waals surface area (Å²) in [7, 11) is 0. The summed E-state index contributed by atoms with van der Waals surface area (Å²) in [6, 6.07) is 16.4. The Kier molecular flexibility index (Phi) is 2.41. The van der Waals surface area contributed by atoms with Gasteiger partial charge in [0, 0.05) is 21.6 Å². The second-order valence-corrected chi connectivity index (χ2v) is 4.67. The highest BCUT2D eigenvalue weighted by atomic mass is 35.5. The number of para-hydroxylation sites is 1. The van der Waals surface area contributed by atoms with Gasteiger partial charge in [0.25, 0.3) is 0 Å². The first-order valence-corrected chi connectivity index (χ1v) is 5.96. The monoisotopic (exact) mass is 241 g/mol. The first-order valence-electron chi connectivity index (χ1n) is 5.58. The molecule has 0 aliphatic rings. The third kappa shape index (κ3) is 1.83. The summed E-state index contributed by atoms with van der Waals surface area (Å²) >= 11 is 6.01. The molecule has 84 valence electrons. The highest BCUT2D eigenvalue weighted by Crippen LogP contribution is 2.27. The number of halogens is 1. The molecule has 0 unspecified atom stereocenters. The highest BCUT2D eigenvalue weighted by molar-refractivity contribution is 6.30. The van der Waals surface area contributed by atoms with E-state index in [-0.39, 0.29) is 0 Å². The van der Waals surface area contributed by atoms with Crippen molar-refractivity contribution in [2.75, 3.05) is 0 Å². The average Bonchev–Trinajstić information content (AvgIpc) is 2.74. The Hall–Kier alpha value is -1.73. The van der Waals surface area contributed by atoms with Crippen LogP contribution < -0.4 is 0 Å². The lowest BCUT2D eigenvalue weighted by Crippen LogP contribution is -1.77. The van der Waals surface area contributed by atoms with Crippen LogP contribution in [0, 0.1) is 6.92 Å². The van der Waals surface area contributed by atoms with Crippen molar-refractivity contribution < 1.29 is 0 Å². The van der Waals surface area contributed by atoms with Crippen molar-refractivity contribution in [1.29, 1.82) is 0 Å². The smallest absolute Gasteiger partial charge is 0.0488 e. The molecule has 17 heavy (non-hydrogen) atoms. The maximum Gasteiger partial charge on any atom is 0.0488 e. The number of rotatable bonds is 1. The van der Waals surface area contributed by atoms with E-state index < -0.39 is 0 Å². The standard InChI is InChI=1S/C15H12ClN/c1-10-4-2-6-12-9-14(17-15(10)12)11-5-3-7-13(16)8-11/h2-9,17H,1H3. The Labute approximate surface area is 105 Å². The number of aromatic amines is 1. The molecule has 0 saturated heterocycles. The van der Waals surface area contributed by atoms with E-state index in [1.165, 1.54) is 16.5 Å². The van der Waals surface area contributed by atoms with Gasteiger partial charge in [-0.25, -0.2) is 0 Å². The number of fused-ring (bicyclic) bond motifs is 1. The molecule has 2 heteroatoms. The SMILES string of the molecule is Cc1cccc2cc(-c3cccc(Cl)c3)[nH]c12. The topological polar surface area (TPSA) is 15.8 Å². The van der Waals surface area contributed by atoms with Crippen LogP contribution in [0.25, 0.3) is 22.2 Å². The van der Waals surface area contributed by atoms with Gasteiger partial charge >= 0.3 is 0 Å². The number of aromatic nitrogens is 1. The van der Waals surface area contributed by atoms with Crippen LogP contribution in [0.15, 0.2) is 48.5 Å². The summed E-state index contributed by atoms with van der Waals surface area (Å²) < 4.78 is 0. The van der Waals surface area contributed by atoms with Crippen LogP contribution >= 0.6 is 11.6 Å². The van der Waals surface area contributed by atoms with Crippen molar-refractivity contribution in [3.05, 3.63) is 59.1 Å². The van der Waals surface area contributed by atoms with Crippen molar-refractivity contribution in [3.63, 3.8) is 0 Å². The Balaban J connectivity index is 2.22. The molecule has 0 radical (unpaired) electrons. The molecule has 2 aromatic carbocycles.